The molecular weight excluding hydrogens is 493 g/mol. The third-order valence-electron chi connectivity index (χ3n) is 4.96. The molecule has 2 aromatic carbocycles. The minimum atomic E-state index is 0. The second-order valence-corrected chi connectivity index (χ2v) is 7.23. The average molecular weight is 527 g/mol. The Bertz CT molecular complexity index is 794. The third kappa shape index (κ3) is 7.92. The van der Waals surface area contributed by atoms with E-state index in [1.54, 1.807) is 7.11 Å². The molecule has 0 bridgehead atoms. The first-order chi connectivity index (χ1) is 14.3. The van der Waals surface area contributed by atoms with Crippen molar-refractivity contribution in [3.63, 3.8) is 0 Å². The molecule has 1 unspecified atom stereocenters. The van der Waals surface area contributed by atoms with Crippen LogP contribution in [0.15, 0.2) is 41.4 Å². The number of fused-ring (bicyclic) bond motifs is 1. The second kappa shape index (κ2) is 13.7. The molecule has 7 heteroatoms. The number of methoxy groups -OCH3 is 1. The fraction of sp³-hybridized carbons (Fsp3) is 0.522. The van der Waals surface area contributed by atoms with E-state index in [4.69, 9.17) is 19.2 Å². The van der Waals surface area contributed by atoms with E-state index in [0.29, 0.717) is 19.3 Å². The Morgan fingerprint density at radius 1 is 1.17 bits per heavy atom. The summed E-state index contributed by atoms with van der Waals surface area (Å²) in [5.74, 6) is 1.71. The van der Waals surface area contributed by atoms with E-state index < -0.39 is 0 Å². The predicted octanol–water partition coefficient (Wildman–Crippen LogP) is 4.11. The highest BCUT2D eigenvalue weighted by molar-refractivity contribution is 14.0. The van der Waals surface area contributed by atoms with Gasteiger partial charge in [-0.25, -0.2) is 4.99 Å². The lowest BCUT2D eigenvalue weighted by Crippen LogP contribution is -2.38. The summed E-state index contributed by atoms with van der Waals surface area (Å²) in [6.45, 7) is 6.69. The van der Waals surface area contributed by atoms with Crippen LogP contribution in [0, 0.1) is 0 Å². The van der Waals surface area contributed by atoms with Crippen LogP contribution in [0.25, 0.3) is 10.8 Å². The molecule has 0 radical (unpaired) electrons. The molecule has 1 atom stereocenters. The Hall–Kier alpha value is -1.58. The van der Waals surface area contributed by atoms with Crippen LogP contribution in [0.3, 0.4) is 0 Å². The summed E-state index contributed by atoms with van der Waals surface area (Å²) >= 11 is 0. The van der Waals surface area contributed by atoms with Gasteiger partial charge in [0.2, 0.25) is 0 Å². The number of hydrogen-bond donors (Lipinski definition) is 2. The van der Waals surface area contributed by atoms with E-state index in [2.05, 4.69) is 47.9 Å². The van der Waals surface area contributed by atoms with Gasteiger partial charge in [0.1, 0.15) is 5.75 Å². The van der Waals surface area contributed by atoms with Crippen molar-refractivity contribution in [3.05, 3.63) is 42.0 Å². The van der Waals surface area contributed by atoms with Gasteiger partial charge in [-0.1, -0.05) is 18.2 Å². The normalized spacial score (nSPS) is 16.3. The van der Waals surface area contributed by atoms with Crippen LogP contribution in [-0.2, 0) is 16.0 Å². The minimum absolute atomic E-state index is 0. The number of nitrogens with zero attached hydrogens (tertiary/aromatic N) is 1. The maximum atomic E-state index is 5.71. The molecule has 30 heavy (non-hydrogen) atoms. The van der Waals surface area contributed by atoms with Gasteiger partial charge in [-0.05, 0) is 60.7 Å². The van der Waals surface area contributed by atoms with Crippen molar-refractivity contribution in [1.29, 1.82) is 0 Å². The van der Waals surface area contributed by atoms with E-state index >= 15 is 0 Å². The molecular formula is C23H34IN3O3. The molecule has 0 aromatic heterocycles. The highest BCUT2D eigenvalue weighted by Gasteiger charge is 2.14. The monoisotopic (exact) mass is 527 g/mol. The van der Waals surface area contributed by atoms with Gasteiger partial charge in [0.25, 0.3) is 0 Å². The topological polar surface area (TPSA) is 64.1 Å². The maximum Gasteiger partial charge on any atom is 0.191 e. The second-order valence-electron chi connectivity index (χ2n) is 7.23. The minimum Gasteiger partial charge on any atom is -0.497 e. The molecule has 0 spiro atoms. The Labute approximate surface area is 196 Å². The zero-order chi connectivity index (χ0) is 20.3. The lowest BCUT2D eigenvalue weighted by atomic mass is 10.1. The zero-order valence-corrected chi connectivity index (χ0v) is 20.3. The number of hydrogen-bond acceptors (Lipinski definition) is 4. The van der Waals surface area contributed by atoms with E-state index in [1.807, 2.05) is 6.07 Å². The standard InChI is InChI=1S/C23H33N3O3.HI/c1-3-24-23(25-11-5-12-28-17-22-6-4-13-29-22)26-16-18-7-8-20-15-21(27-2)10-9-19(20)14-18;/h7-10,14-15,22H,3-6,11-13,16-17H2,1-2H3,(H2,24,25,26);1H. The Morgan fingerprint density at radius 2 is 2.00 bits per heavy atom. The zero-order valence-electron chi connectivity index (χ0n) is 18.0. The highest BCUT2D eigenvalue weighted by Crippen LogP contribution is 2.22. The van der Waals surface area contributed by atoms with Gasteiger partial charge in [0, 0.05) is 26.3 Å². The first-order valence-electron chi connectivity index (χ1n) is 10.6. The number of nitrogens with one attached hydrogen (secondary N) is 2. The van der Waals surface area contributed by atoms with Crippen molar-refractivity contribution in [2.45, 2.75) is 38.8 Å². The molecule has 1 saturated heterocycles. The SMILES string of the molecule is CCNC(=NCc1ccc2cc(OC)ccc2c1)NCCCOCC1CCCO1.I. The van der Waals surface area contributed by atoms with Gasteiger partial charge in [-0.2, -0.15) is 0 Å². The fourth-order valence-electron chi connectivity index (χ4n) is 3.38. The number of rotatable bonds is 10. The van der Waals surface area contributed by atoms with Gasteiger partial charge < -0.3 is 24.8 Å². The summed E-state index contributed by atoms with van der Waals surface area (Å²) in [7, 11) is 1.69. The predicted molar refractivity (Wildman–Crippen MR) is 133 cm³/mol. The maximum absolute atomic E-state index is 5.71. The van der Waals surface area contributed by atoms with Gasteiger partial charge in [-0.3, -0.25) is 0 Å². The van der Waals surface area contributed by atoms with Crippen molar-refractivity contribution in [1.82, 2.24) is 10.6 Å². The molecule has 1 aliphatic rings. The highest BCUT2D eigenvalue weighted by atomic mass is 127. The van der Waals surface area contributed by atoms with Crippen molar-refractivity contribution >= 4 is 40.7 Å². The lowest BCUT2D eigenvalue weighted by molar-refractivity contribution is 0.0168. The van der Waals surface area contributed by atoms with Crippen LogP contribution in [0.2, 0.25) is 0 Å². The van der Waals surface area contributed by atoms with E-state index in [1.165, 1.54) is 16.3 Å². The largest absolute Gasteiger partial charge is 0.497 e. The molecule has 1 fully saturated rings. The Balaban J connectivity index is 0.00000320. The summed E-state index contributed by atoms with van der Waals surface area (Å²) in [5.41, 5.74) is 1.18. The number of benzene rings is 2. The van der Waals surface area contributed by atoms with Crippen LogP contribution in [-0.4, -0.2) is 52.1 Å². The van der Waals surface area contributed by atoms with Crippen LogP contribution in [0.4, 0.5) is 0 Å². The summed E-state index contributed by atoms with van der Waals surface area (Å²) in [6, 6.07) is 12.5. The molecule has 2 N–H and O–H groups in total. The van der Waals surface area contributed by atoms with Crippen LogP contribution in [0.1, 0.15) is 31.7 Å². The Morgan fingerprint density at radius 3 is 2.77 bits per heavy atom. The van der Waals surface area contributed by atoms with E-state index in [9.17, 15) is 0 Å². The first kappa shape index (κ1) is 24.7. The average Bonchev–Trinajstić information content (AvgIpc) is 3.27. The van der Waals surface area contributed by atoms with Gasteiger partial charge >= 0.3 is 0 Å². The van der Waals surface area contributed by atoms with E-state index in [-0.39, 0.29) is 24.0 Å². The summed E-state index contributed by atoms with van der Waals surface area (Å²) < 4.78 is 16.6. The van der Waals surface area contributed by atoms with Crippen LogP contribution < -0.4 is 15.4 Å². The molecule has 3 rings (SSSR count). The quantitative estimate of drug-likeness (QED) is 0.211. The Kier molecular flexibility index (Phi) is 11.2. The van der Waals surface area contributed by atoms with Gasteiger partial charge in [-0.15, -0.1) is 24.0 Å². The first-order valence-corrected chi connectivity index (χ1v) is 10.6. The number of halogens is 1. The molecule has 166 valence electrons. The molecule has 1 heterocycles. The molecule has 0 amide bonds. The molecule has 1 aliphatic heterocycles. The lowest BCUT2D eigenvalue weighted by Gasteiger charge is -2.13. The summed E-state index contributed by atoms with van der Waals surface area (Å²) in [6.07, 6.45) is 3.51. The van der Waals surface area contributed by atoms with Gasteiger partial charge in [0.05, 0.1) is 26.4 Å². The van der Waals surface area contributed by atoms with Crippen molar-refractivity contribution < 1.29 is 14.2 Å². The van der Waals surface area contributed by atoms with E-state index in [0.717, 1.165) is 57.3 Å². The number of guanidine groups is 1. The van der Waals surface area contributed by atoms with Crippen molar-refractivity contribution in [2.75, 3.05) is 40.0 Å². The fourth-order valence-corrected chi connectivity index (χ4v) is 3.38. The summed E-state index contributed by atoms with van der Waals surface area (Å²) in [4.78, 5) is 4.71. The smallest absolute Gasteiger partial charge is 0.191 e. The molecule has 0 saturated carbocycles. The molecule has 2 aromatic rings. The molecule has 6 nitrogen and oxygen atoms in total. The molecule has 0 aliphatic carbocycles. The number of aliphatic imine (C=N–C) groups is 1. The van der Waals surface area contributed by atoms with Crippen molar-refractivity contribution in [3.8, 4) is 5.75 Å². The van der Waals surface area contributed by atoms with Crippen LogP contribution in [0.5, 0.6) is 5.75 Å². The van der Waals surface area contributed by atoms with Crippen LogP contribution >= 0.6 is 24.0 Å². The van der Waals surface area contributed by atoms with Crippen molar-refractivity contribution in [2.24, 2.45) is 4.99 Å². The number of ether oxygens (including phenoxy) is 3. The summed E-state index contributed by atoms with van der Waals surface area (Å²) in [5, 5.41) is 9.05. The van der Waals surface area contributed by atoms with Gasteiger partial charge in [0.15, 0.2) is 5.96 Å². The third-order valence-corrected chi connectivity index (χ3v) is 4.96.